The molecular formula is C14H21NO4. The Labute approximate surface area is 112 Å². The molecular weight excluding hydrogens is 246 g/mol. The van der Waals surface area contributed by atoms with Crippen LogP contribution in [0.15, 0.2) is 16.5 Å². The van der Waals surface area contributed by atoms with Gasteiger partial charge < -0.3 is 19.6 Å². The second-order valence-corrected chi connectivity index (χ2v) is 5.23. The summed E-state index contributed by atoms with van der Waals surface area (Å²) in [4.78, 5) is 11.2. The third-order valence-electron chi connectivity index (χ3n) is 3.85. The Kier molecular flexibility index (Phi) is 4.61. The van der Waals surface area contributed by atoms with Crippen LogP contribution in [-0.2, 0) is 11.3 Å². The molecule has 19 heavy (non-hydrogen) atoms. The smallest absolute Gasteiger partial charge is 0.373 e. The molecule has 0 saturated heterocycles. The van der Waals surface area contributed by atoms with Gasteiger partial charge in [-0.15, -0.1) is 0 Å². The summed E-state index contributed by atoms with van der Waals surface area (Å²) in [5.74, 6) is 0.456. The monoisotopic (exact) mass is 267 g/mol. The minimum absolute atomic E-state index is 0.0256. The van der Waals surface area contributed by atoms with E-state index in [2.05, 4.69) is 10.1 Å². The normalized spacial score (nSPS) is 17.6. The number of hydrogen-bond donors (Lipinski definition) is 2. The summed E-state index contributed by atoms with van der Waals surface area (Å²) in [6.45, 7) is 1.56. The average molecular weight is 267 g/mol. The molecule has 0 bridgehead atoms. The van der Waals surface area contributed by atoms with Gasteiger partial charge in [-0.2, -0.15) is 0 Å². The summed E-state index contributed by atoms with van der Waals surface area (Å²) in [7, 11) is 1.33. The molecule has 0 aromatic carbocycles. The SMILES string of the molecule is COC(=O)c1ccc(CNCC2(CO)CCCC2)o1. The predicted octanol–water partition coefficient (Wildman–Crippen LogP) is 1.71. The van der Waals surface area contributed by atoms with Crippen LogP contribution < -0.4 is 5.32 Å². The summed E-state index contributed by atoms with van der Waals surface area (Å²) >= 11 is 0. The molecule has 0 atom stereocenters. The van der Waals surface area contributed by atoms with Crippen LogP contribution in [0.1, 0.15) is 42.0 Å². The molecule has 0 amide bonds. The van der Waals surface area contributed by atoms with Crippen molar-refractivity contribution in [2.45, 2.75) is 32.2 Å². The van der Waals surface area contributed by atoms with Crippen LogP contribution in [-0.4, -0.2) is 31.3 Å². The minimum Gasteiger partial charge on any atom is -0.463 e. The molecule has 5 heteroatoms. The van der Waals surface area contributed by atoms with Crippen LogP contribution in [0, 0.1) is 5.41 Å². The molecule has 2 rings (SSSR count). The van der Waals surface area contributed by atoms with Gasteiger partial charge in [0, 0.05) is 18.6 Å². The molecule has 5 nitrogen and oxygen atoms in total. The van der Waals surface area contributed by atoms with Gasteiger partial charge in [0.05, 0.1) is 13.7 Å². The highest BCUT2D eigenvalue weighted by molar-refractivity contribution is 5.86. The Morgan fingerprint density at radius 1 is 1.47 bits per heavy atom. The van der Waals surface area contributed by atoms with E-state index in [1.807, 2.05) is 0 Å². The maximum atomic E-state index is 11.2. The van der Waals surface area contributed by atoms with Crippen LogP contribution in [0.4, 0.5) is 0 Å². The fourth-order valence-corrected chi connectivity index (χ4v) is 2.65. The largest absolute Gasteiger partial charge is 0.463 e. The Morgan fingerprint density at radius 3 is 2.84 bits per heavy atom. The van der Waals surface area contributed by atoms with Crippen LogP contribution in [0.2, 0.25) is 0 Å². The number of carbonyl (C=O) groups is 1. The summed E-state index contributed by atoms with van der Waals surface area (Å²) in [6.07, 6.45) is 4.52. The first-order valence-electron chi connectivity index (χ1n) is 6.68. The highest BCUT2D eigenvalue weighted by Crippen LogP contribution is 2.36. The van der Waals surface area contributed by atoms with Crippen molar-refractivity contribution in [3.05, 3.63) is 23.7 Å². The molecule has 1 aromatic rings. The second kappa shape index (κ2) is 6.21. The number of nitrogens with one attached hydrogen (secondary N) is 1. The molecule has 1 heterocycles. The third kappa shape index (κ3) is 3.36. The van der Waals surface area contributed by atoms with Crippen molar-refractivity contribution in [3.8, 4) is 0 Å². The number of aliphatic hydroxyl groups is 1. The Morgan fingerprint density at radius 2 is 2.21 bits per heavy atom. The summed E-state index contributed by atoms with van der Waals surface area (Å²) < 4.78 is 9.95. The van der Waals surface area contributed by atoms with Gasteiger partial charge in [-0.05, 0) is 25.0 Å². The van der Waals surface area contributed by atoms with Crippen molar-refractivity contribution < 1.29 is 19.1 Å². The fraction of sp³-hybridized carbons (Fsp3) is 0.643. The summed E-state index contributed by atoms with van der Waals surface area (Å²) in [5, 5.41) is 12.8. The van der Waals surface area contributed by atoms with E-state index in [9.17, 15) is 9.90 Å². The molecule has 1 saturated carbocycles. The Balaban J connectivity index is 1.82. The van der Waals surface area contributed by atoms with E-state index in [-0.39, 0.29) is 17.8 Å². The minimum atomic E-state index is -0.464. The topological polar surface area (TPSA) is 71.7 Å². The zero-order chi connectivity index (χ0) is 13.7. The zero-order valence-electron chi connectivity index (χ0n) is 11.3. The van der Waals surface area contributed by atoms with E-state index < -0.39 is 5.97 Å². The van der Waals surface area contributed by atoms with Crippen molar-refractivity contribution in [1.82, 2.24) is 5.32 Å². The average Bonchev–Trinajstić information content (AvgIpc) is 3.08. The molecule has 2 N–H and O–H groups in total. The molecule has 1 aromatic heterocycles. The standard InChI is InChI=1S/C14H21NO4/c1-18-13(17)12-5-4-11(19-12)8-15-9-14(10-16)6-2-3-7-14/h4-5,15-16H,2-3,6-10H2,1H3. The first kappa shape index (κ1) is 14.1. The van der Waals surface area contributed by atoms with Gasteiger partial charge in [0.2, 0.25) is 5.76 Å². The third-order valence-corrected chi connectivity index (χ3v) is 3.85. The number of furan rings is 1. The number of aliphatic hydroxyl groups excluding tert-OH is 1. The molecule has 0 aliphatic heterocycles. The lowest BCUT2D eigenvalue weighted by atomic mass is 9.87. The first-order valence-corrected chi connectivity index (χ1v) is 6.68. The maximum Gasteiger partial charge on any atom is 0.373 e. The van der Waals surface area contributed by atoms with E-state index in [1.165, 1.54) is 20.0 Å². The molecule has 0 unspecified atom stereocenters. The second-order valence-electron chi connectivity index (χ2n) is 5.23. The maximum absolute atomic E-state index is 11.2. The van der Waals surface area contributed by atoms with Crippen molar-refractivity contribution >= 4 is 5.97 Å². The number of rotatable bonds is 6. The molecule has 106 valence electrons. The lowest BCUT2D eigenvalue weighted by Gasteiger charge is -2.26. The molecule has 1 aliphatic carbocycles. The number of ether oxygens (including phenoxy) is 1. The highest BCUT2D eigenvalue weighted by Gasteiger charge is 2.32. The van der Waals surface area contributed by atoms with Gasteiger partial charge in [0.25, 0.3) is 0 Å². The van der Waals surface area contributed by atoms with Gasteiger partial charge in [-0.1, -0.05) is 12.8 Å². The van der Waals surface area contributed by atoms with Gasteiger partial charge >= 0.3 is 5.97 Å². The van der Waals surface area contributed by atoms with E-state index in [0.29, 0.717) is 12.3 Å². The van der Waals surface area contributed by atoms with Crippen molar-refractivity contribution in [2.24, 2.45) is 5.41 Å². The molecule has 1 fully saturated rings. The number of methoxy groups -OCH3 is 1. The van der Waals surface area contributed by atoms with Gasteiger partial charge in [0.1, 0.15) is 5.76 Å². The van der Waals surface area contributed by atoms with E-state index in [0.717, 1.165) is 19.4 Å². The number of carbonyl (C=O) groups excluding carboxylic acids is 1. The van der Waals surface area contributed by atoms with Gasteiger partial charge in [0.15, 0.2) is 0 Å². The van der Waals surface area contributed by atoms with Crippen LogP contribution in [0.5, 0.6) is 0 Å². The molecule has 0 radical (unpaired) electrons. The quantitative estimate of drug-likeness (QED) is 0.768. The van der Waals surface area contributed by atoms with E-state index in [1.54, 1.807) is 12.1 Å². The van der Waals surface area contributed by atoms with Gasteiger partial charge in [-0.25, -0.2) is 4.79 Å². The lowest BCUT2D eigenvalue weighted by Crippen LogP contribution is -2.34. The zero-order valence-corrected chi connectivity index (χ0v) is 11.3. The number of esters is 1. The highest BCUT2D eigenvalue weighted by atomic mass is 16.5. The number of hydrogen-bond acceptors (Lipinski definition) is 5. The first-order chi connectivity index (χ1) is 9.19. The summed E-state index contributed by atoms with van der Waals surface area (Å²) in [5.41, 5.74) is 0.0256. The van der Waals surface area contributed by atoms with Crippen molar-refractivity contribution in [3.63, 3.8) is 0 Å². The van der Waals surface area contributed by atoms with Crippen LogP contribution in [0.25, 0.3) is 0 Å². The van der Waals surface area contributed by atoms with Crippen molar-refractivity contribution in [2.75, 3.05) is 20.3 Å². The Bertz CT molecular complexity index is 421. The van der Waals surface area contributed by atoms with Crippen LogP contribution >= 0.6 is 0 Å². The lowest BCUT2D eigenvalue weighted by molar-refractivity contribution is 0.0562. The van der Waals surface area contributed by atoms with E-state index >= 15 is 0 Å². The summed E-state index contributed by atoms with van der Waals surface area (Å²) in [6, 6.07) is 3.37. The Hall–Kier alpha value is -1.33. The van der Waals surface area contributed by atoms with Crippen LogP contribution in [0.3, 0.4) is 0 Å². The van der Waals surface area contributed by atoms with Crippen molar-refractivity contribution in [1.29, 1.82) is 0 Å². The van der Waals surface area contributed by atoms with E-state index in [4.69, 9.17) is 4.42 Å². The van der Waals surface area contributed by atoms with Gasteiger partial charge in [-0.3, -0.25) is 0 Å². The molecule has 0 spiro atoms. The fourth-order valence-electron chi connectivity index (χ4n) is 2.65. The predicted molar refractivity (Wildman–Crippen MR) is 69.7 cm³/mol. The molecule has 1 aliphatic rings.